The summed E-state index contributed by atoms with van der Waals surface area (Å²) in [5.74, 6) is 0. The van der Waals surface area contributed by atoms with Gasteiger partial charge in [-0.3, -0.25) is 9.98 Å². The van der Waals surface area contributed by atoms with Crippen molar-refractivity contribution in [2.75, 3.05) is 0 Å². The lowest BCUT2D eigenvalue weighted by atomic mass is 9.99. The van der Waals surface area contributed by atoms with Gasteiger partial charge >= 0.3 is 0 Å². The van der Waals surface area contributed by atoms with E-state index in [0.717, 1.165) is 62.1 Å². The number of hydrogen-bond donors (Lipinski definition) is 0. The Bertz CT molecular complexity index is 1540. The summed E-state index contributed by atoms with van der Waals surface area (Å²) >= 11 is 0. The van der Waals surface area contributed by atoms with Gasteiger partial charge in [-0.15, -0.1) is 0 Å². The highest BCUT2D eigenvalue weighted by Crippen LogP contribution is 2.27. The zero-order valence-electron chi connectivity index (χ0n) is 20.4. The van der Waals surface area contributed by atoms with Gasteiger partial charge in [0.15, 0.2) is 0 Å². The molecule has 0 radical (unpaired) electrons. The smallest absolute Gasteiger partial charge is 0.0711 e. The second kappa shape index (κ2) is 10.8. The number of rotatable bonds is 7. The minimum absolute atomic E-state index is 0.842. The van der Waals surface area contributed by atoms with Crippen molar-refractivity contribution in [1.29, 1.82) is 0 Å². The van der Waals surface area contributed by atoms with E-state index in [2.05, 4.69) is 97.4 Å². The molecule has 2 nitrogen and oxygen atoms in total. The standard InChI is InChI=1S/C34H28N2/c1-3-32(28-12-6-4-7-13-28)36-34(29-14-8-5-9-15-29)22-25(2)26-18-20-27(21-19-26)31-23-30-16-10-11-17-33(30)35-24-31/h4-24H,2-3H2,1H3. The fourth-order valence-corrected chi connectivity index (χ4v) is 4.27. The van der Waals surface area contributed by atoms with Crippen LogP contribution in [0.3, 0.4) is 0 Å². The first-order valence-electron chi connectivity index (χ1n) is 12.3. The zero-order chi connectivity index (χ0) is 24.7. The van der Waals surface area contributed by atoms with Gasteiger partial charge in [0.1, 0.15) is 0 Å². The fraction of sp³-hybridized carbons (Fsp3) is 0.0588. The van der Waals surface area contributed by atoms with Gasteiger partial charge in [0.05, 0.1) is 11.2 Å². The van der Waals surface area contributed by atoms with Crippen LogP contribution in [0.25, 0.3) is 33.3 Å². The minimum atomic E-state index is 0.842. The highest BCUT2D eigenvalue weighted by atomic mass is 14.8. The number of fused-ring (bicyclic) bond motifs is 1. The van der Waals surface area contributed by atoms with Crippen LogP contribution in [0.4, 0.5) is 0 Å². The maximum atomic E-state index is 5.10. The van der Waals surface area contributed by atoms with Gasteiger partial charge in [-0.1, -0.05) is 117 Å². The molecule has 0 unspecified atom stereocenters. The average molecular weight is 465 g/mol. The quantitative estimate of drug-likeness (QED) is 0.174. The van der Waals surface area contributed by atoms with Crippen LogP contribution in [0.1, 0.15) is 30.0 Å². The summed E-state index contributed by atoms with van der Waals surface area (Å²) in [4.78, 5) is 9.71. The van der Waals surface area contributed by atoms with Crippen molar-refractivity contribution in [1.82, 2.24) is 4.98 Å². The lowest BCUT2D eigenvalue weighted by molar-refractivity contribution is 1.26. The predicted octanol–water partition coefficient (Wildman–Crippen LogP) is 8.86. The molecule has 5 aromatic rings. The Morgan fingerprint density at radius 1 is 0.722 bits per heavy atom. The topological polar surface area (TPSA) is 25.2 Å². The van der Waals surface area contributed by atoms with Crippen LogP contribution in [-0.2, 0) is 0 Å². The van der Waals surface area contributed by atoms with Gasteiger partial charge in [-0.25, -0.2) is 0 Å². The molecule has 36 heavy (non-hydrogen) atoms. The number of para-hydroxylation sites is 1. The molecule has 1 heterocycles. The predicted molar refractivity (Wildman–Crippen MR) is 154 cm³/mol. The molecule has 1 aromatic heterocycles. The average Bonchev–Trinajstić information content (AvgIpc) is 2.96. The molecule has 0 aliphatic rings. The number of aromatic nitrogens is 1. The Labute approximate surface area is 213 Å². The molecule has 4 aromatic carbocycles. The fourth-order valence-electron chi connectivity index (χ4n) is 4.27. The number of allylic oxidation sites excluding steroid dienone is 2. The van der Waals surface area contributed by atoms with Crippen LogP contribution >= 0.6 is 0 Å². The molecular weight excluding hydrogens is 436 g/mol. The van der Waals surface area contributed by atoms with Gasteiger partial charge < -0.3 is 0 Å². The van der Waals surface area contributed by atoms with Crippen molar-refractivity contribution < 1.29 is 0 Å². The summed E-state index contributed by atoms with van der Waals surface area (Å²) in [5, 5.41) is 1.14. The van der Waals surface area contributed by atoms with Crippen LogP contribution in [0.2, 0.25) is 0 Å². The number of benzene rings is 4. The molecule has 0 saturated heterocycles. The van der Waals surface area contributed by atoms with Crippen molar-refractivity contribution in [2.24, 2.45) is 4.99 Å². The van der Waals surface area contributed by atoms with E-state index >= 15 is 0 Å². The third-order valence-corrected chi connectivity index (χ3v) is 6.26. The van der Waals surface area contributed by atoms with Gasteiger partial charge in [-0.2, -0.15) is 0 Å². The summed E-state index contributed by atoms with van der Waals surface area (Å²) in [5.41, 5.74) is 9.39. The van der Waals surface area contributed by atoms with Crippen LogP contribution in [0.15, 0.2) is 139 Å². The lowest BCUT2D eigenvalue weighted by Gasteiger charge is -2.10. The molecule has 0 aliphatic carbocycles. The first-order valence-corrected chi connectivity index (χ1v) is 12.3. The normalized spacial score (nSPS) is 12.0. The molecule has 0 N–H and O–H groups in total. The van der Waals surface area contributed by atoms with E-state index in [1.807, 2.05) is 48.7 Å². The SMILES string of the molecule is C=C(C=C(N=C(CC)c1ccccc1)c1ccccc1)c1ccc(-c2cnc3ccccc3c2)cc1. The Morgan fingerprint density at radius 2 is 1.36 bits per heavy atom. The summed E-state index contributed by atoms with van der Waals surface area (Å²) < 4.78 is 0. The van der Waals surface area contributed by atoms with E-state index in [1.165, 1.54) is 0 Å². The highest BCUT2D eigenvalue weighted by Gasteiger charge is 2.07. The molecule has 0 bridgehead atoms. The van der Waals surface area contributed by atoms with Gasteiger partial charge in [0.25, 0.3) is 0 Å². The summed E-state index contributed by atoms with van der Waals surface area (Å²) in [6, 6.07) is 39.5. The van der Waals surface area contributed by atoms with Crippen molar-refractivity contribution in [2.45, 2.75) is 13.3 Å². The zero-order valence-corrected chi connectivity index (χ0v) is 20.4. The number of hydrogen-bond acceptors (Lipinski definition) is 2. The lowest BCUT2D eigenvalue weighted by Crippen LogP contribution is -1.99. The molecule has 0 saturated carbocycles. The summed E-state index contributed by atoms with van der Waals surface area (Å²) in [6.45, 7) is 6.52. The first-order chi connectivity index (χ1) is 17.7. The minimum Gasteiger partial charge on any atom is -0.256 e. The largest absolute Gasteiger partial charge is 0.256 e. The second-order valence-corrected chi connectivity index (χ2v) is 8.69. The molecule has 0 fully saturated rings. The van der Waals surface area contributed by atoms with E-state index in [4.69, 9.17) is 4.99 Å². The molecule has 0 amide bonds. The van der Waals surface area contributed by atoms with E-state index in [1.54, 1.807) is 0 Å². The van der Waals surface area contributed by atoms with Crippen molar-refractivity contribution >= 4 is 27.9 Å². The van der Waals surface area contributed by atoms with Crippen molar-refractivity contribution in [3.05, 3.63) is 151 Å². The maximum absolute atomic E-state index is 5.10. The second-order valence-electron chi connectivity index (χ2n) is 8.69. The molecule has 0 spiro atoms. The third-order valence-electron chi connectivity index (χ3n) is 6.26. The monoisotopic (exact) mass is 464 g/mol. The molecule has 0 atom stereocenters. The van der Waals surface area contributed by atoms with Gasteiger partial charge in [-0.05, 0) is 46.9 Å². The van der Waals surface area contributed by atoms with E-state index < -0.39 is 0 Å². The van der Waals surface area contributed by atoms with Crippen molar-refractivity contribution in [3.63, 3.8) is 0 Å². The Morgan fingerprint density at radius 3 is 2.06 bits per heavy atom. The maximum Gasteiger partial charge on any atom is 0.0711 e. The number of aliphatic imine (C=N–C) groups is 1. The Kier molecular flexibility index (Phi) is 6.95. The first kappa shape index (κ1) is 23.2. The van der Waals surface area contributed by atoms with Crippen LogP contribution in [0, 0.1) is 0 Å². The molecular formula is C34H28N2. The van der Waals surface area contributed by atoms with Crippen LogP contribution in [0.5, 0.6) is 0 Å². The Balaban J connectivity index is 1.47. The van der Waals surface area contributed by atoms with Crippen LogP contribution in [-0.4, -0.2) is 10.7 Å². The van der Waals surface area contributed by atoms with Gasteiger partial charge in [0, 0.05) is 28.4 Å². The highest BCUT2D eigenvalue weighted by molar-refractivity contribution is 6.04. The summed E-state index contributed by atoms with van der Waals surface area (Å²) in [7, 11) is 0. The van der Waals surface area contributed by atoms with E-state index in [9.17, 15) is 0 Å². The Hall–Kier alpha value is -4.56. The third kappa shape index (κ3) is 5.24. The molecule has 5 rings (SSSR count). The van der Waals surface area contributed by atoms with E-state index in [0.29, 0.717) is 0 Å². The molecule has 2 heteroatoms. The van der Waals surface area contributed by atoms with E-state index in [-0.39, 0.29) is 0 Å². The van der Waals surface area contributed by atoms with Gasteiger partial charge in [0.2, 0.25) is 0 Å². The molecule has 0 aliphatic heterocycles. The summed E-state index contributed by atoms with van der Waals surface area (Å²) in [6.07, 6.45) is 4.86. The van der Waals surface area contributed by atoms with Crippen molar-refractivity contribution in [3.8, 4) is 11.1 Å². The molecule has 174 valence electrons. The number of pyridine rings is 1. The van der Waals surface area contributed by atoms with Crippen LogP contribution < -0.4 is 0 Å². The number of nitrogens with zero attached hydrogens (tertiary/aromatic N) is 2.